The molecule has 0 radical (unpaired) electrons. The van der Waals surface area contributed by atoms with Gasteiger partial charge in [0.15, 0.2) is 0 Å². The molecule has 0 heterocycles. The van der Waals surface area contributed by atoms with Crippen molar-refractivity contribution in [1.29, 1.82) is 0 Å². The zero-order valence-corrected chi connectivity index (χ0v) is 19.6. The maximum absolute atomic E-state index is 13.3. The third-order valence-electron chi connectivity index (χ3n) is 4.96. The number of ether oxygens (including phenoxy) is 1. The van der Waals surface area contributed by atoms with Gasteiger partial charge in [0, 0.05) is 10.7 Å². The number of rotatable bonds is 8. The summed E-state index contributed by atoms with van der Waals surface area (Å²) in [6.07, 6.45) is 0.166. The SMILES string of the molecule is COc1ccc(C)cc1S(=O)(=O)NC(Cc1ccccc1)C(=O)Nc1cc(Cl)ccc1C. The van der Waals surface area contributed by atoms with Crippen LogP contribution in [0.15, 0.2) is 71.6 Å². The molecular weight excluding hydrogens is 448 g/mol. The average molecular weight is 473 g/mol. The number of methoxy groups -OCH3 is 1. The number of carbonyl (C=O) groups is 1. The number of aryl methyl sites for hydroxylation is 2. The van der Waals surface area contributed by atoms with Gasteiger partial charge in [-0.1, -0.05) is 54.1 Å². The van der Waals surface area contributed by atoms with Crippen molar-refractivity contribution < 1.29 is 17.9 Å². The van der Waals surface area contributed by atoms with Crippen LogP contribution in [0.5, 0.6) is 5.75 Å². The molecule has 32 heavy (non-hydrogen) atoms. The Morgan fingerprint density at radius 1 is 1.03 bits per heavy atom. The Bertz CT molecular complexity index is 1210. The molecule has 3 aromatic carbocycles. The van der Waals surface area contributed by atoms with Crippen LogP contribution in [-0.4, -0.2) is 27.5 Å². The number of hydrogen-bond donors (Lipinski definition) is 2. The van der Waals surface area contributed by atoms with Crippen LogP contribution in [0.2, 0.25) is 5.02 Å². The average Bonchev–Trinajstić information content (AvgIpc) is 2.76. The Morgan fingerprint density at radius 2 is 1.75 bits per heavy atom. The Labute approximate surface area is 193 Å². The van der Waals surface area contributed by atoms with Crippen molar-refractivity contribution in [3.63, 3.8) is 0 Å². The van der Waals surface area contributed by atoms with Crippen molar-refractivity contribution in [2.24, 2.45) is 0 Å². The van der Waals surface area contributed by atoms with E-state index in [2.05, 4.69) is 10.0 Å². The molecule has 0 aliphatic rings. The van der Waals surface area contributed by atoms with Crippen LogP contribution in [0.25, 0.3) is 0 Å². The third kappa shape index (κ3) is 5.88. The lowest BCUT2D eigenvalue weighted by molar-refractivity contribution is -0.117. The molecule has 6 nitrogen and oxygen atoms in total. The summed E-state index contributed by atoms with van der Waals surface area (Å²) < 4.78 is 34.3. The number of anilines is 1. The second-order valence-electron chi connectivity index (χ2n) is 7.47. The van der Waals surface area contributed by atoms with Gasteiger partial charge in [0.05, 0.1) is 7.11 Å². The minimum absolute atomic E-state index is 0.0233. The fraction of sp³-hybridized carbons (Fsp3) is 0.208. The van der Waals surface area contributed by atoms with E-state index in [-0.39, 0.29) is 17.1 Å². The van der Waals surface area contributed by atoms with Gasteiger partial charge in [0.1, 0.15) is 16.7 Å². The zero-order valence-electron chi connectivity index (χ0n) is 18.1. The molecule has 2 N–H and O–H groups in total. The van der Waals surface area contributed by atoms with E-state index in [0.29, 0.717) is 10.7 Å². The van der Waals surface area contributed by atoms with Crippen molar-refractivity contribution in [1.82, 2.24) is 4.72 Å². The topological polar surface area (TPSA) is 84.5 Å². The molecule has 8 heteroatoms. The number of amides is 1. The highest BCUT2D eigenvalue weighted by Crippen LogP contribution is 2.26. The summed E-state index contributed by atoms with van der Waals surface area (Å²) in [7, 11) is -2.66. The molecule has 0 saturated carbocycles. The van der Waals surface area contributed by atoms with Gasteiger partial charge >= 0.3 is 0 Å². The highest BCUT2D eigenvalue weighted by Gasteiger charge is 2.28. The molecular formula is C24H25ClN2O4S. The van der Waals surface area contributed by atoms with E-state index in [1.54, 1.807) is 37.3 Å². The molecule has 3 rings (SSSR count). The molecule has 0 aliphatic heterocycles. The molecule has 3 aromatic rings. The molecule has 1 unspecified atom stereocenters. The van der Waals surface area contributed by atoms with E-state index in [4.69, 9.17) is 16.3 Å². The van der Waals surface area contributed by atoms with Crippen LogP contribution in [0.1, 0.15) is 16.7 Å². The maximum Gasteiger partial charge on any atom is 0.245 e. The van der Waals surface area contributed by atoms with Crippen molar-refractivity contribution in [2.75, 3.05) is 12.4 Å². The maximum atomic E-state index is 13.3. The lowest BCUT2D eigenvalue weighted by Gasteiger charge is -2.20. The second-order valence-corrected chi connectivity index (χ2v) is 9.59. The minimum atomic E-state index is -4.06. The van der Waals surface area contributed by atoms with Crippen LogP contribution in [0.3, 0.4) is 0 Å². The number of benzene rings is 3. The molecule has 0 saturated heterocycles. The van der Waals surface area contributed by atoms with Crippen LogP contribution >= 0.6 is 11.6 Å². The van der Waals surface area contributed by atoms with E-state index in [1.165, 1.54) is 13.2 Å². The van der Waals surface area contributed by atoms with Crippen molar-refractivity contribution in [3.8, 4) is 5.75 Å². The first-order chi connectivity index (χ1) is 15.2. The van der Waals surface area contributed by atoms with Gasteiger partial charge in [-0.3, -0.25) is 4.79 Å². The quantitative estimate of drug-likeness (QED) is 0.505. The van der Waals surface area contributed by atoms with Crippen molar-refractivity contribution >= 4 is 33.2 Å². The highest BCUT2D eigenvalue weighted by atomic mass is 35.5. The number of carbonyl (C=O) groups excluding carboxylic acids is 1. The third-order valence-corrected chi connectivity index (χ3v) is 6.69. The van der Waals surface area contributed by atoms with Crippen molar-refractivity contribution in [2.45, 2.75) is 31.2 Å². The van der Waals surface area contributed by atoms with Gasteiger partial charge in [-0.2, -0.15) is 4.72 Å². The van der Waals surface area contributed by atoms with Gasteiger partial charge < -0.3 is 10.1 Å². The van der Waals surface area contributed by atoms with E-state index >= 15 is 0 Å². The van der Waals surface area contributed by atoms with Gasteiger partial charge in [-0.25, -0.2) is 8.42 Å². The molecule has 168 valence electrons. The van der Waals surface area contributed by atoms with Crippen LogP contribution < -0.4 is 14.8 Å². The summed E-state index contributed by atoms with van der Waals surface area (Å²) in [6, 6.07) is 18.1. The van der Waals surface area contributed by atoms with Crippen LogP contribution in [-0.2, 0) is 21.2 Å². The van der Waals surface area contributed by atoms with E-state index in [1.807, 2.05) is 37.3 Å². The molecule has 0 fully saturated rings. The summed E-state index contributed by atoms with van der Waals surface area (Å²) in [5, 5.41) is 3.27. The van der Waals surface area contributed by atoms with Gasteiger partial charge in [0.2, 0.25) is 15.9 Å². The smallest absolute Gasteiger partial charge is 0.245 e. The Morgan fingerprint density at radius 3 is 2.44 bits per heavy atom. The van der Waals surface area contributed by atoms with Crippen LogP contribution in [0, 0.1) is 13.8 Å². The summed E-state index contributed by atoms with van der Waals surface area (Å²) in [6.45, 7) is 3.62. The number of hydrogen-bond acceptors (Lipinski definition) is 4. The fourth-order valence-electron chi connectivity index (χ4n) is 3.23. The summed E-state index contributed by atoms with van der Waals surface area (Å²) >= 11 is 6.07. The van der Waals surface area contributed by atoms with Gasteiger partial charge in [-0.05, 0) is 61.2 Å². The zero-order chi connectivity index (χ0) is 23.3. The lowest BCUT2D eigenvalue weighted by atomic mass is 10.1. The monoisotopic (exact) mass is 472 g/mol. The lowest BCUT2D eigenvalue weighted by Crippen LogP contribution is -2.45. The number of nitrogens with one attached hydrogen (secondary N) is 2. The summed E-state index contributed by atoms with van der Waals surface area (Å²) in [4.78, 5) is 13.2. The predicted molar refractivity (Wildman–Crippen MR) is 127 cm³/mol. The Balaban J connectivity index is 1.95. The molecule has 1 amide bonds. The molecule has 0 aromatic heterocycles. The van der Waals surface area contributed by atoms with E-state index in [0.717, 1.165) is 16.7 Å². The predicted octanol–water partition coefficient (Wildman–Crippen LogP) is 4.49. The molecule has 1 atom stereocenters. The Hall–Kier alpha value is -2.87. The first-order valence-corrected chi connectivity index (χ1v) is 11.8. The van der Waals surface area contributed by atoms with E-state index in [9.17, 15) is 13.2 Å². The molecule has 0 spiro atoms. The highest BCUT2D eigenvalue weighted by molar-refractivity contribution is 7.89. The normalized spacial score (nSPS) is 12.2. The van der Waals surface area contributed by atoms with Crippen LogP contribution in [0.4, 0.5) is 5.69 Å². The van der Waals surface area contributed by atoms with Gasteiger partial charge in [0.25, 0.3) is 0 Å². The Kier molecular flexibility index (Phi) is 7.56. The fourth-order valence-corrected chi connectivity index (χ4v) is 4.85. The van der Waals surface area contributed by atoms with Gasteiger partial charge in [-0.15, -0.1) is 0 Å². The van der Waals surface area contributed by atoms with E-state index < -0.39 is 22.0 Å². The second kappa shape index (κ2) is 10.2. The van der Waals surface area contributed by atoms with Crippen molar-refractivity contribution in [3.05, 3.63) is 88.4 Å². The summed E-state index contributed by atoms with van der Waals surface area (Å²) in [5.74, 6) is -0.290. The first-order valence-electron chi connectivity index (χ1n) is 9.97. The minimum Gasteiger partial charge on any atom is -0.495 e. The molecule has 0 aliphatic carbocycles. The number of halogens is 1. The summed E-state index contributed by atoms with van der Waals surface area (Å²) in [5.41, 5.74) is 2.90. The largest absolute Gasteiger partial charge is 0.495 e. The number of sulfonamides is 1. The molecule has 0 bridgehead atoms. The standard InChI is InChI=1S/C24H25ClN2O4S/c1-16-9-12-22(31-3)23(13-16)32(29,30)27-21(14-18-7-5-4-6-8-18)24(28)26-20-15-19(25)11-10-17(20)2/h4-13,15,21,27H,14H2,1-3H3,(H,26,28). The first kappa shape index (κ1) is 23.8.